The van der Waals surface area contributed by atoms with E-state index in [0.29, 0.717) is 59.9 Å². The van der Waals surface area contributed by atoms with Crippen molar-refractivity contribution in [3.05, 3.63) is 84.4 Å². The summed E-state index contributed by atoms with van der Waals surface area (Å²) in [6, 6.07) is 16.4. The Morgan fingerprint density at radius 1 is 0.914 bits per heavy atom. The first-order valence-corrected chi connectivity index (χ1v) is 11.2. The molecule has 0 spiro atoms. The number of carbonyl (C=O) groups excluding carboxylic acids is 2. The lowest BCUT2D eigenvalue weighted by Crippen LogP contribution is -2.50. The number of nitrogens with zero attached hydrogens (tertiary/aromatic N) is 5. The molecule has 2 aromatic heterocycles. The molecule has 3 heterocycles. The Morgan fingerprint density at radius 3 is 2.37 bits per heavy atom. The van der Waals surface area contributed by atoms with Gasteiger partial charge in [-0.15, -0.1) is 0 Å². The topological polar surface area (TPSA) is 88.5 Å². The van der Waals surface area contributed by atoms with Crippen LogP contribution < -0.4 is 4.90 Å². The smallest absolute Gasteiger partial charge is 0.339 e. The van der Waals surface area contributed by atoms with Gasteiger partial charge in [0.15, 0.2) is 6.61 Å². The van der Waals surface area contributed by atoms with Crippen molar-refractivity contribution in [3.8, 4) is 11.3 Å². The average Bonchev–Trinajstić information content (AvgIpc) is 2.92. The second-order valence-corrected chi connectivity index (χ2v) is 8.07. The average molecular weight is 471 g/mol. The Balaban J connectivity index is 1.27. The third kappa shape index (κ3) is 4.93. The summed E-state index contributed by atoms with van der Waals surface area (Å²) >= 11 is 0. The highest BCUT2D eigenvalue weighted by Crippen LogP contribution is 2.25. The van der Waals surface area contributed by atoms with E-state index in [1.165, 1.54) is 12.1 Å². The third-order valence-corrected chi connectivity index (χ3v) is 5.87. The fourth-order valence-electron chi connectivity index (χ4n) is 4.02. The first kappa shape index (κ1) is 22.4. The quantitative estimate of drug-likeness (QED) is 0.413. The maximum atomic E-state index is 13.4. The van der Waals surface area contributed by atoms with Gasteiger partial charge in [0, 0.05) is 49.5 Å². The van der Waals surface area contributed by atoms with Gasteiger partial charge in [0.1, 0.15) is 5.82 Å². The van der Waals surface area contributed by atoms with Crippen molar-refractivity contribution in [2.45, 2.75) is 0 Å². The molecule has 1 aliphatic rings. The van der Waals surface area contributed by atoms with E-state index in [9.17, 15) is 14.0 Å². The minimum absolute atomic E-state index is 0.260. The summed E-state index contributed by atoms with van der Waals surface area (Å²) < 4.78 is 18.8. The molecule has 1 fully saturated rings. The number of hydrogen-bond donors (Lipinski definition) is 0. The SMILES string of the molecule is O=C(OCC(=O)N1CCN(c2ncccn2)CC1)c1cc(-c2ccc(F)cc2)nc2ccccc12. The van der Waals surface area contributed by atoms with Gasteiger partial charge in [0.25, 0.3) is 5.91 Å². The summed E-state index contributed by atoms with van der Waals surface area (Å²) in [6.07, 6.45) is 3.37. The number of fused-ring (bicyclic) bond motifs is 1. The molecule has 0 saturated carbocycles. The Morgan fingerprint density at radius 2 is 1.63 bits per heavy atom. The van der Waals surface area contributed by atoms with E-state index in [1.807, 2.05) is 11.0 Å². The van der Waals surface area contributed by atoms with Gasteiger partial charge in [-0.05, 0) is 42.5 Å². The second kappa shape index (κ2) is 9.84. The number of hydrogen-bond acceptors (Lipinski definition) is 7. The van der Waals surface area contributed by atoms with E-state index in [4.69, 9.17) is 4.74 Å². The van der Waals surface area contributed by atoms with E-state index in [1.54, 1.807) is 59.8 Å². The van der Waals surface area contributed by atoms with Crippen LogP contribution in [0.15, 0.2) is 73.1 Å². The molecule has 0 N–H and O–H groups in total. The number of para-hydroxylation sites is 1. The predicted octanol–water partition coefficient (Wildman–Crippen LogP) is 3.34. The van der Waals surface area contributed by atoms with E-state index in [2.05, 4.69) is 15.0 Å². The Hall–Kier alpha value is -4.40. The summed E-state index contributed by atoms with van der Waals surface area (Å²) in [5, 5.41) is 0.618. The fourth-order valence-corrected chi connectivity index (χ4v) is 4.02. The van der Waals surface area contributed by atoms with Crippen LogP contribution in [-0.4, -0.2) is 64.5 Å². The maximum absolute atomic E-state index is 13.4. The first-order chi connectivity index (χ1) is 17.1. The molecule has 5 rings (SSSR count). The summed E-state index contributed by atoms with van der Waals surface area (Å²) in [4.78, 5) is 42.5. The Kier molecular flexibility index (Phi) is 6.30. The molecule has 2 aromatic carbocycles. The van der Waals surface area contributed by atoms with Gasteiger partial charge >= 0.3 is 5.97 Å². The van der Waals surface area contributed by atoms with Gasteiger partial charge in [-0.1, -0.05) is 18.2 Å². The zero-order valence-electron chi connectivity index (χ0n) is 18.8. The molecule has 0 bridgehead atoms. The summed E-state index contributed by atoms with van der Waals surface area (Å²) in [5.41, 5.74) is 2.09. The van der Waals surface area contributed by atoms with Gasteiger partial charge in [0.05, 0.1) is 16.8 Å². The third-order valence-electron chi connectivity index (χ3n) is 5.87. The van der Waals surface area contributed by atoms with Gasteiger partial charge in [0.2, 0.25) is 5.95 Å². The van der Waals surface area contributed by atoms with Crippen molar-refractivity contribution in [2.75, 3.05) is 37.7 Å². The number of piperazine rings is 1. The number of anilines is 1. The highest BCUT2D eigenvalue weighted by molar-refractivity contribution is 6.05. The molecule has 0 aliphatic carbocycles. The predicted molar refractivity (Wildman–Crippen MR) is 128 cm³/mol. The summed E-state index contributed by atoms with van der Waals surface area (Å²) in [7, 11) is 0. The van der Waals surface area contributed by atoms with Crippen LogP contribution in [0.25, 0.3) is 22.2 Å². The van der Waals surface area contributed by atoms with E-state index >= 15 is 0 Å². The lowest BCUT2D eigenvalue weighted by atomic mass is 10.0. The highest BCUT2D eigenvalue weighted by atomic mass is 19.1. The van der Waals surface area contributed by atoms with Crippen molar-refractivity contribution in [3.63, 3.8) is 0 Å². The lowest BCUT2D eigenvalue weighted by molar-refractivity contribution is -0.134. The van der Waals surface area contributed by atoms with Gasteiger partial charge in [-0.3, -0.25) is 4.79 Å². The monoisotopic (exact) mass is 471 g/mol. The van der Waals surface area contributed by atoms with Crippen LogP contribution in [0.1, 0.15) is 10.4 Å². The van der Waals surface area contributed by atoms with Crippen LogP contribution in [0.3, 0.4) is 0 Å². The molecule has 0 atom stereocenters. The number of carbonyl (C=O) groups is 2. The highest BCUT2D eigenvalue weighted by Gasteiger charge is 2.24. The number of benzene rings is 2. The molecule has 1 amide bonds. The maximum Gasteiger partial charge on any atom is 0.339 e. The number of ether oxygens (including phenoxy) is 1. The van der Waals surface area contributed by atoms with Crippen molar-refractivity contribution in [1.29, 1.82) is 0 Å². The molecular formula is C26H22FN5O3. The number of halogens is 1. The largest absolute Gasteiger partial charge is 0.452 e. The standard InChI is InChI=1S/C26H22FN5O3/c27-19-8-6-18(7-9-19)23-16-21(20-4-1-2-5-22(20)30-23)25(34)35-17-24(33)31-12-14-32(15-13-31)26-28-10-3-11-29-26/h1-11,16H,12-15,17H2. The summed E-state index contributed by atoms with van der Waals surface area (Å²) in [5.74, 6) is -0.599. The molecule has 9 heteroatoms. The van der Waals surface area contributed by atoms with E-state index in [-0.39, 0.29) is 18.3 Å². The molecule has 176 valence electrons. The van der Waals surface area contributed by atoms with E-state index < -0.39 is 5.97 Å². The zero-order valence-corrected chi connectivity index (χ0v) is 18.8. The molecule has 4 aromatic rings. The Labute approximate surface area is 201 Å². The van der Waals surface area contributed by atoms with Crippen LogP contribution in [0.5, 0.6) is 0 Å². The Bertz CT molecular complexity index is 1360. The first-order valence-electron chi connectivity index (χ1n) is 11.2. The molecular weight excluding hydrogens is 449 g/mol. The minimum atomic E-state index is -0.614. The summed E-state index contributed by atoms with van der Waals surface area (Å²) in [6.45, 7) is 1.81. The van der Waals surface area contributed by atoms with E-state index in [0.717, 1.165) is 0 Å². The fraction of sp³-hybridized carbons (Fsp3) is 0.192. The number of amides is 1. The number of pyridine rings is 1. The van der Waals surface area contributed by atoms with Gasteiger partial charge in [-0.2, -0.15) is 0 Å². The minimum Gasteiger partial charge on any atom is -0.452 e. The van der Waals surface area contributed by atoms with Gasteiger partial charge < -0.3 is 14.5 Å². The van der Waals surface area contributed by atoms with Crippen molar-refractivity contribution in [2.24, 2.45) is 0 Å². The number of rotatable bonds is 5. The lowest BCUT2D eigenvalue weighted by Gasteiger charge is -2.34. The second-order valence-electron chi connectivity index (χ2n) is 8.07. The van der Waals surface area contributed by atoms with Crippen LogP contribution in [0.2, 0.25) is 0 Å². The molecule has 1 saturated heterocycles. The molecule has 1 aliphatic heterocycles. The molecule has 35 heavy (non-hydrogen) atoms. The van der Waals surface area contributed by atoms with Crippen LogP contribution in [0, 0.1) is 5.82 Å². The van der Waals surface area contributed by atoms with Crippen molar-refractivity contribution < 1.29 is 18.7 Å². The van der Waals surface area contributed by atoms with Gasteiger partial charge in [-0.25, -0.2) is 24.1 Å². The van der Waals surface area contributed by atoms with Crippen LogP contribution in [-0.2, 0) is 9.53 Å². The number of esters is 1. The van der Waals surface area contributed by atoms with Crippen molar-refractivity contribution >= 4 is 28.7 Å². The molecule has 0 radical (unpaired) electrons. The van der Waals surface area contributed by atoms with Crippen LogP contribution >= 0.6 is 0 Å². The molecule has 0 unspecified atom stereocenters. The van der Waals surface area contributed by atoms with Crippen molar-refractivity contribution in [1.82, 2.24) is 19.9 Å². The number of aromatic nitrogens is 3. The normalized spacial score (nSPS) is 13.6. The molecule has 8 nitrogen and oxygen atoms in total. The zero-order chi connectivity index (χ0) is 24.2. The van der Waals surface area contributed by atoms with Crippen LogP contribution in [0.4, 0.5) is 10.3 Å².